The van der Waals surface area contributed by atoms with Gasteiger partial charge in [0.15, 0.2) is 11.5 Å². The van der Waals surface area contributed by atoms with E-state index in [0.717, 1.165) is 32.9 Å². The summed E-state index contributed by atoms with van der Waals surface area (Å²) in [7, 11) is 1.53. The van der Waals surface area contributed by atoms with E-state index in [2.05, 4.69) is 40.3 Å². The number of anilines is 2. The van der Waals surface area contributed by atoms with Crippen molar-refractivity contribution in [3.05, 3.63) is 70.8 Å². The Hall–Kier alpha value is -2.99. The lowest BCUT2D eigenvalue weighted by Crippen LogP contribution is -1.97. The average molecular weight is 424 g/mol. The molecule has 0 bridgehead atoms. The molecule has 0 aliphatic carbocycles. The monoisotopic (exact) mass is 423 g/mol. The summed E-state index contributed by atoms with van der Waals surface area (Å²) in [5.41, 5.74) is 4.60. The Morgan fingerprint density at radius 2 is 1.85 bits per heavy atom. The van der Waals surface area contributed by atoms with Gasteiger partial charge in [0, 0.05) is 21.9 Å². The van der Waals surface area contributed by atoms with E-state index in [1.807, 2.05) is 40.9 Å². The fourth-order valence-corrected chi connectivity index (χ4v) is 3.27. The minimum Gasteiger partial charge on any atom is -0.504 e. The number of rotatable bonds is 4. The highest BCUT2D eigenvalue weighted by Crippen LogP contribution is 2.36. The minimum absolute atomic E-state index is 0.0980. The van der Waals surface area contributed by atoms with Crippen LogP contribution in [0.25, 0.3) is 16.9 Å². The number of hydrogen-bond donors (Lipinski definition) is 2. The first-order valence-electron chi connectivity index (χ1n) is 8.44. The molecule has 0 spiro atoms. The van der Waals surface area contributed by atoms with Crippen molar-refractivity contribution in [2.45, 2.75) is 6.92 Å². The maximum absolute atomic E-state index is 9.92. The van der Waals surface area contributed by atoms with Crippen molar-refractivity contribution in [3.63, 3.8) is 0 Å². The first-order valence-corrected chi connectivity index (χ1v) is 9.23. The number of pyridine rings is 1. The second kappa shape index (κ2) is 6.96. The third-order valence-electron chi connectivity index (χ3n) is 4.35. The number of aromatic nitrogens is 2. The molecule has 136 valence electrons. The van der Waals surface area contributed by atoms with Crippen molar-refractivity contribution in [1.29, 1.82) is 0 Å². The van der Waals surface area contributed by atoms with Gasteiger partial charge in [-0.2, -0.15) is 0 Å². The Balaban J connectivity index is 1.90. The standard InChI is InChI=1S/C21H18BrN3O2/c1-13-3-7-16(8-4-13)23-21-20(14-5-9-17(26)18(11-14)27-2)24-19-10-6-15(22)12-25(19)21/h3-12,23,26H,1-2H3. The van der Waals surface area contributed by atoms with Crippen LogP contribution in [0.1, 0.15) is 5.56 Å². The topological polar surface area (TPSA) is 58.8 Å². The Morgan fingerprint density at radius 1 is 1.07 bits per heavy atom. The zero-order valence-electron chi connectivity index (χ0n) is 14.9. The van der Waals surface area contributed by atoms with E-state index in [0.29, 0.717) is 5.75 Å². The van der Waals surface area contributed by atoms with E-state index in [1.54, 1.807) is 12.1 Å². The number of imidazole rings is 1. The molecule has 4 rings (SSSR count). The summed E-state index contributed by atoms with van der Waals surface area (Å²) in [6.07, 6.45) is 1.97. The summed E-state index contributed by atoms with van der Waals surface area (Å²) in [6, 6.07) is 17.3. The molecule has 27 heavy (non-hydrogen) atoms. The third kappa shape index (κ3) is 3.36. The van der Waals surface area contributed by atoms with E-state index in [1.165, 1.54) is 12.7 Å². The van der Waals surface area contributed by atoms with Crippen LogP contribution in [-0.2, 0) is 0 Å². The fraction of sp³-hybridized carbons (Fsp3) is 0.0952. The Morgan fingerprint density at radius 3 is 2.59 bits per heavy atom. The van der Waals surface area contributed by atoms with Gasteiger partial charge in [-0.15, -0.1) is 0 Å². The van der Waals surface area contributed by atoms with Gasteiger partial charge in [0.25, 0.3) is 0 Å². The molecule has 0 saturated heterocycles. The van der Waals surface area contributed by atoms with Crippen LogP contribution >= 0.6 is 15.9 Å². The second-order valence-electron chi connectivity index (χ2n) is 6.26. The maximum Gasteiger partial charge on any atom is 0.161 e. The van der Waals surface area contributed by atoms with Gasteiger partial charge >= 0.3 is 0 Å². The van der Waals surface area contributed by atoms with Gasteiger partial charge in [0.05, 0.1) is 7.11 Å². The number of fused-ring (bicyclic) bond motifs is 1. The number of phenols is 1. The molecule has 0 amide bonds. The summed E-state index contributed by atoms with van der Waals surface area (Å²) in [5, 5.41) is 13.4. The number of halogens is 1. The summed E-state index contributed by atoms with van der Waals surface area (Å²) in [6.45, 7) is 2.06. The molecule has 2 aromatic carbocycles. The zero-order chi connectivity index (χ0) is 19.0. The molecule has 0 aliphatic rings. The molecule has 6 heteroatoms. The highest BCUT2D eigenvalue weighted by Gasteiger charge is 2.16. The van der Waals surface area contributed by atoms with Gasteiger partial charge in [-0.25, -0.2) is 4.98 Å². The molecule has 0 atom stereocenters. The third-order valence-corrected chi connectivity index (χ3v) is 4.82. The van der Waals surface area contributed by atoms with Crippen LogP contribution in [0, 0.1) is 6.92 Å². The predicted molar refractivity (Wildman–Crippen MR) is 111 cm³/mol. The molecule has 0 saturated carbocycles. The van der Waals surface area contributed by atoms with Crippen molar-refractivity contribution in [2.24, 2.45) is 0 Å². The van der Waals surface area contributed by atoms with Crippen LogP contribution in [0.2, 0.25) is 0 Å². The summed E-state index contributed by atoms with van der Waals surface area (Å²) < 4.78 is 8.21. The van der Waals surface area contributed by atoms with Gasteiger partial charge in [0.1, 0.15) is 17.2 Å². The Kier molecular flexibility index (Phi) is 4.49. The minimum atomic E-state index is 0.0980. The molecule has 2 N–H and O–H groups in total. The highest BCUT2D eigenvalue weighted by molar-refractivity contribution is 9.10. The molecule has 4 aromatic rings. The lowest BCUT2D eigenvalue weighted by molar-refractivity contribution is 0.373. The lowest BCUT2D eigenvalue weighted by atomic mass is 10.1. The van der Waals surface area contributed by atoms with E-state index in [4.69, 9.17) is 9.72 Å². The second-order valence-corrected chi connectivity index (χ2v) is 7.18. The largest absolute Gasteiger partial charge is 0.504 e. The Bertz CT molecular complexity index is 1120. The summed E-state index contributed by atoms with van der Waals surface area (Å²) in [4.78, 5) is 4.79. The molecule has 0 unspecified atom stereocenters. The maximum atomic E-state index is 9.92. The number of ether oxygens (including phenoxy) is 1. The van der Waals surface area contributed by atoms with Crippen molar-refractivity contribution in [2.75, 3.05) is 12.4 Å². The van der Waals surface area contributed by atoms with E-state index >= 15 is 0 Å². The van der Waals surface area contributed by atoms with E-state index < -0.39 is 0 Å². The van der Waals surface area contributed by atoms with Crippen molar-refractivity contribution in [1.82, 2.24) is 9.38 Å². The quantitative estimate of drug-likeness (QED) is 0.452. The number of nitrogens with zero attached hydrogens (tertiary/aromatic N) is 2. The smallest absolute Gasteiger partial charge is 0.161 e. The number of benzene rings is 2. The number of methoxy groups -OCH3 is 1. The molecule has 2 aromatic heterocycles. The van der Waals surface area contributed by atoms with Gasteiger partial charge < -0.3 is 15.2 Å². The zero-order valence-corrected chi connectivity index (χ0v) is 16.5. The van der Waals surface area contributed by atoms with Crippen molar-refractivity contribution < 1.29 is 9.84 Å². The number of aromatic hydroxyl groups is 1. The average Bonchev–Trinajstić information content (AvgIpc) is 3.01. The molecule has 0 fully saturated rings. The predicted octanol–water partition coefficient (Wildman–Crippen LogP) is 5.53. The molecule has 0 radical (unpaired) electrons. The molecular formula is C21H18BrN3O2. The van der Waals surface area contributed by atoms with Crippen LogP contribution in [0.15, 0.2) is 65.3 Å². The SMILES string of the molecule is COc1cc(-c2nc3ccc(Br)cn3c2Nc2ccc(C)cc2)ccc1O. The number of aryl methyl sites for hydroxylation is 1. The molecule has 5 nitrogen and oxygen atoms in total. The van der Waals surface area contributed by atoms with Gasteiger partial charge in [0.2, 0.25) is 0 Å². The van der Waals surface area contributed by atoms with Crippen molar-refractivity contribution in [3.8, 4) is 22.8 Å². The van der Waals surface area contributed by atoms with Crippen molar-refractivity contribution >= 4 is 33.1 Å². The van der Waals surface area contributed by atoms with Gasteiger partial charge in [-0.1, -0.05) is 17.7 Å². The first-order chi connectivity index (χ1) is 13.0. The van der Waals surface area contributed by atoms with Crippen LogP contribution in [0.4, 0.5) is 11.5 Å². The number of nitrogens with one attached hydrogen (secondary N) is 1. The van der Waals surface area contributed by atoms with Crippen LogP contribution in [-0.4, -0.2) is 21.6 Å². The van der Waals surface area contributed by atoms with E-state index in [9.17, 15) is 5.11 Å². The Labute approximate surface area is 165 Å². The lowest BCUT2D eigenvalue weighted by Gasteiger charge is -2.11. The van der Waals surface area contributed by atoms with Crippen LogP contribution in [0.3, 0.4) is 0 Å². The summed E-state index contributed by atoms with van der Waals surface area (Å²) in [5.74, 6) is 1.34. The molecular weight excluding hydrogens is 406 g/mol. The van der Waals surface area contributed by atoms with Gasteiger partial charge in [-0.05, 0) is 65.3 Å². The number of phenolic OH excluding ortho intramolecular Hbond substituents is 1. The van der Waals surface area contributed by atoms with Gasteiger partial charge in [-0.3, -0.25) is 4.40 Å². The normalized spacial score (nSPS) is 10.9. The fourth-order valence-electron chi connectivity index (χ4n) is 2.94. The van der Waals surface area contributed by atoms with Crippen LogP contribution < -0.4 is 10.1 Å². The molecule has 2 heterocycles. The number of hydrogen-bond acceptors (Lipinski definition) is 4. The summed E-state index contributed by atoms with van der Waals surface area (Å²) >= 11 is 3.53. The molecule has 0 aliphatic heterocycles. The highest BCUT2D eigenvalue weighted by atomic mass is 79.9. The first kappa shape index (κ1) is 17.4. The van der Waals surface area contributed by atoms with E-state index in [-0.39, 0.29) is 5.75 Å². The van der Waals surface area contributed by atoms with Crippen LogP contribution in [0.5, 0.6) is 11.5 Å².